The van der Waals surface area contributed by atoms with E-state index in [1.165, 1.54) is 11.6 Å². The van der Waals surface area contributed by atoms with Crippen LogP contribution < -0.4 is 10.9 Å². The molecule has 2 aliphatic rings. The molecule has 1 aromatic heterocycles. The average molecular weight is 355 g/mol. The Morgan fingerprint density at radius 3 is 2.69 bits per heavy atom. The summed E-state index contributed by atoms with van der Waals surface area (Å²) in [5.41, 5.74) is 9.01. The molecule has 5 nitrogen and oxygen atoms in total. The Bertz CT molecular complexity index is 727. The highest BCUT2D eigenvalue weighted by Crippen LogP contribution is 2.32. The lowest BCUT2D eigenvalue weighted by atomic mass is 9.80. The number of nitrogens with zero attached hydrogens (tertiary/aromatic N) is 3. The molecule has 2 aliphatic heterocycles. The number of aromatic nitrogens is 2. The fraction of sp³-hybridized carbons (Fsp3) is 0.500. The Hall–Kier alpha value is -1.89. The molecule has 1 aromatic carbocycles. The normalized spacial score (nSPS) is 24.8. The second-order valence-electron chi connectivity index (χ2n) is 7.46. The van der Waals surface area contributed by atoms with Crippen molar-refractivity contribution in [1.82, 2.24) is 25.7 Å². The maximum atomic E-state index is 13.6. The molecule has 0 spiro atoms. The fourth-order valence-electron chi connectivity index (χ4n) is 4.25. The van der Waals surface area contributed by atoms with Crippen LogP contribution in [0.2, 0.25) is 0 Å². The van der Waals surface area contributed by atoms with Crippen LogP contribution >= 0.6 is 0 Å². The van der Waals surface area contributed by atoms with Gasteiger partial charge < -0.3 is 0 Å². The number of aryl methyl sites for hydroxylation is 1. The molecule has 4 rings (SSSR count). The van der Waals surface area contributed by atoms with Crippen molar-refractivity contribution in [1.29, 1.82) is 0 Å². The van der Waals surface area contributed by atoms with Gasteiger partial charge in [0.25, 0.3) is 0 Å². The SMILES string of the molecule is Cc1ncc(CN2CCC(C3NNCC3c3cccc(F)c3)CC2)cn1. The van der Waals surface area contributed by atoms with Gasteiger partial charge in [-0.25, -0.2) is 14.4 Å². The summed E-state index contributed by atoms with van der Waals surface area (Å²) in [6, 6.07) is 7.41. The van der Waals surface area contributed by atoms with Crippen LogP contribution in [0.15, 0.2) is 36.7 Å². The van der Waals surface area contributed by atoms with Crippen molar-refractivity contribution in [3.05, 3.63) is 59.4 Å². The van der Waals surface area contributed by atoms with Crippen LogP contribution in [0.5, 0.6) is 0 Å². The molecule has 2 fully saturated rings. The fourth-order valence-corrected chi connectivity index (χ4v) is 4.25. The lowest BCUT2D eigenvalue weighted by molar-refractivity contribution is 0.151. The van der Waals surface area contributed by atoms with Crippen molar-refractivity contribution in [2.45, 2.75) is 38.3 Å². The van der Waals surface area contributed by atoms with Crippen molar-refractivity contribution in [2.75, 3.05) is 19.6 Å². The largest absolute Gasteiger partial charge is 0.299 e. The summed E-state index contributed by atoms with van der Waals surface area (Å²) in [4.78, 5) is 11.0. The smallest absolute Gasteiger partial charge is 0.125 e. The number of halogens is 1. The number of benzene rings is 1. The molecule has 0 bridgehead atoms. The second kappa shape index (κ2) is 7.78. The number of rotatable bonds is 4. The number of likely N-dealkylation sites (tertiary alicyclic amines) is 1. The maximum Gasteiger partial charge on any atom is 0.125 e. The minimum Gasteiger partial charge on any atom is -0.299 e. The van der Waals surface area contributed by atoms with E-state index in [0.717, 1.165) is 50.4 Å². The molecule has 2 aromatic rings. The number of piperidine rings is 1. The van der Waals surface area contributed by atoms with E-state index in [4.69, 9.17) is 0 Å². The molecule has 3 heterocycles. The molecule has 138 valence electrons. The van der Waals surface area contributed by atoms with Crippen LogP contribution in [0.1, 0.15) is 35.7 Å². The van der Waals surface area contributed by atoms with Crippen LogP contribution in [-0.4, -0.2) is 40.5 Å². The maximum absolute atomic E-state index is 13.6. The Balaban J connectivity index is 1.35. The minimum absolute atomic E-state index is 0.150. The molecule has 0 aliphatic carbocycles. The number of hydrogen-bond donors (Lipinski definition) is 2. The zero-order chi connectivity index (χ0) is 17.9. The molecule has 26 heavy (non-hydrogen) atoms. The van der Waals surface area contributed by atoms with Crippen molar-refractivity contribution < 1.29 is 4.39 Å². The highest BCUT2D eigenvalue weighted by atomic mass is 19.1. The standard InChI is InChI=1S/C20H26FN5/c1-14-22-10-15(11-23-14)13-26-7-5-16(6-8-26)20-19(12-24-25-20)17-3-2-4-18(21)9-17/h2-4,9-11,16,19-20,24-25H,5-8,12-13H2,1H3. The molecule has 0 saturated carbocycles. The van der Waals surface area contributed by atoms with E-state index >= 15 is 0 Å². The van der Waals surface area contributed by atoms with E-state index in [-0.39, 0.29) is 5.82 Å². The number of hydrogen-bond acceptors (Lipinski definition) is 5. The molecular weight excluding hydrogens is 329 g/mol. The first kappa shape index (κ1) is 17.5. The second-order valence-corrected chi connectivity index (χ2v) is 7.46. The summed E-state index contributed by atoms with van der Waals surface area (Å²) >= 11 is 0. The quantitative estimate of drug-likeness (QED) is 0.882. The lowest BCUT2D eigenvalue weighted by Crippen LogP contribution is -2.44. The third-order valence-corrected chi connectivity index (χ3v) is 5.68. The molecule has 2 N–H and O–H groups in total. The van der Waals surface area contributed by atoms with E-state index in [0.29, 0.717) is 17.9 Å². The van der Waals surface area contributed by atoms with Crippen LogP contribution in [0, 0.1) is 18.7 Å². The van der Waals surface area contributed by atoms with E-state index in [1.54, 1.807) is 6.07 Å². The van der Waals surface area contributed by atoms with Crippen LogP contribution in [0.25, 0.3) is 0 Å². The van der Waals surface area contributed by atoms with Gasteiger partial charge in [-0.2, -0.15) is 0 Å². The number of nitrogens with one attached hydrogen (secondary N) is 2. The first-order valence-electron chi connectivity index (χ1n) is 9.43. The van der Waals surface area contributed by atoms with Gasteiger partial charge in [-0.05, 0) is 56.5 Å². The monoisotopic (exact) mass is 355 g/mol. The minimum atomic E-state index is -0.150. The summed E-state index contributed by atoms with van der Waals surface area (Å²) in [5.74, 6) is 1.59. The van der Waals surface area contributed by atoms with Crippen molar-refractivity contribution in [2.24, 2.45) is 5.92 Å². The molecule has 2 unspecified atom stereocenters. The molecule has 0 amide bonds. The summed E-state index contributed by atoms with van der Waals surface area (Å²) in [5, 5.41) is 0. The lowest BCUT2D eigenvalue weighted by Gasteiger charge is -2.36. The highest BCUT2D eigenvalue weighted by Gasteiger charge is 2.36. The predicted octanol–water partition coefficient (Wildman–Crippen LogP) is 2.40. The molecular formula is C20H26FN5. The zero-order valence-electron chi connectivity index (χ0n) is 15.2. The summed E-state index contributed by atoms with van der Waals surface area (Å²) in [6.07, 6.45) is 6.16. The average Bonchev–Trinajstić information content (AvgIpc) is 3.14. The Labute approximate surface area is 154 Å². The Kier molecular flexibility index (Phi) is 5.24. The van der Waals surface area contributed by atoms with E-state index < -0.39 is 0 Å². The van der Waals surface area contributed by atoms with Crippen LogP contribution in [0.4, 0.5) is 4.39 Å². The summed E-state index contributed by atoms with van der Waals surface area (Å²) < 4.78 is 13.6. The first-order chi connectivity index (χ1) is 12.7. The summed E-state index contributed by atoms with van der Waals surface area (Å²) in [6.45, 7) is 5.83. The van der Waals surface area contributed by atoms with Gasteiger partial charge in [0, 0.05) is 43.0 Å². The van der Waals surface area contributed by atoms with E-state index in [2.05, 4.69) is 25.7 Å². The molecule has 2 saturated heterocycles. The van der Waals surface area contributed by atoms with Crippen molar-refractivity contribution in [3.8, 4) is 0 Å². The van der Waals surface area contributed by atoms with Crippen LogP contribution in [0.3, 0.4) is 0 Å². The van der Waals surface area contributed by atoms with Gasteiger partial charge in [0.2, 0.25) is 0 Å². The zero-order valence-corrected chi connectivity index (χ0v) is 15.2. The molecule has 6 heteroatoms. The van der Waals surface area contributed by atoms with Gasteiger partial charge in [-0.15, -0.1) is 0 Å². The Morgan fingerprint density at radius 2 is 1.96 bits per heavy atom. The predicted molar refractivity (Wildman–Crippen MR) is 98.8 cm³/mol. The molecule has 2 atom stereocenters. The van der Waals surface area contributed by atoms with Gasteiger partial charge in [-0.1, -0.05) is 12.1 Å². The molecule has 0 radical (unpaired) electrons. The topological polar surface area (TPSA) is 53.1 Å². The van der Waals surface area contributed by atoms with Crippen LogP contribution in [-0.2, 0) is 6.54 Å². The van der Waals surface area contributed by atoms with Gasteiger partial charge >= 0.3 is 0 Å². The van der Waals surface area contributed by atoms with Gasteiger partial charge in [0.05, 0.1) is 0 Å². The van der Waals surface area contributed by atoms with Gasteiger partial charge in [0.15, 0.2) is 0 Å². The number of hydrazine groups is 1. The van der Waals surface area contributed by atoms with Gasteiger partial charge in [-0.3, -0.25) is 15.8 Å². The summed E-state index contributed by atoms with van der Waals surface area (Å²) in [7, 11) is 0. The third kappa shape index (κ3) is 3.92. The van der Waals surface area contributed by atoms with Gasteiger partial charge in [0.1, 0.15) is 11.6 Å². The third-order valence-electron chi connectivity index (χ3n) is 5.68. The van der Waals surface area contributed by atoms with Crippen molar-refractivity contribution >= 4 is 0 Å². The van der Waals surface area contributed by atoms with E-state index in [1.807, 2.05) is 31.5 Å². The van der Waals surface area contributed by atoms with Crippen molar-refractivity contribution in [3.63, 3.8) is 0 Å². The highest BCUT2D eigenvalue weighted by molar-refractivity contribution is 5.24. The first-order valence-corrected chi connectivity index (χ1v) is 9.43. The Morgan fingerprint density at radius 1 is 1.19 bits per heavy atom. The van der Waals surface area contributed by atoms with E-state index in [9.17, 15) is 4.39 Å².